The lowest BCUT2D eigenvalue weighted by molar-refractivity contribution is -0.133. The zero-order chi connectivity index (χ0) is 37.0. The number of rotatable bonds is 10. The van der Waals surface area contributed by atoms with Crippen LogP contribution in [0.15, 0.2) is 75.8 Å². The first kappa shape index (κ1) is 35.8. The molecule has 6 N–H and O–H groups in total. The number of hydrogen-bond donors (Lipinski definition) is 5. The molecule has 2 aromatic carbocycles. The van der Waals surface area contributed by atoms with Gasteiger partial charge in [-0.05, 0) is 52.0 Å². The number of carbonyl (C=O) groups excluding carboxylic acids is 5. The highest BCUT2D eigenvalue weighted by Crippen LogP contribution is 2.30. The fourth-order valence-corrected chi connectivity index (χ4v) is 5.82. The lowest BCUT2D eigenvalue weighted by Gasteiger charge is -2.36. The predicted octanol–water partition coefficient (Wildman–Crippen LogP) is 3.47. The second-order valence-corrected chi connectivity index (χ2v) is 13.9. The van der Waals surface area contributed by atoms with Crippen LogP contribution in [-0.2, 0) is 20.9 Å². The molecule has 2 aliphatic rings. The molecule has 0 atom stereocenters. The molecular formula is C36H40N8O8. The van der Waals surface area contributed by atoms with Crippen LogP contribution in [0.4, 0.5) is 4.79 Å². The Kier molecular flexibility index (Phi) is 10.4. The highest BCUT2D eigenvalue weighted by molar-refractivity contribution is 5.94. The van der Waals surface area contributed by atoms with E-state index in [9.17, 15) is 24.0 Å². The van der Waals surface area contributed by atoms with Crippen LogP contribution in [0.25, 0.3) is 22.6 Å². The van der Waals surface area contributed by atoms with Gasteiger partial charge < -0.3 is 24.4 Å². The number of ether oxygens (including phenoxy) is 1. The third-order valence-electron chi connectivity index (χ3n) is 8.81. The van der Waals surface area contributed by atoms with Crippen LogP contribution in [0.5, 0.6) is 0 Å². The molecule has 0 radical (unpaired) electrons. The molecule has 0 saturated heterocycles. The van der Waals surface area contributed by atoms with Crippen LogP contribution in [0, 0.1) is 11.8 Å². The number of nitrogens with one attached hydrogen (secondary N) is 4. The largest absolute Gasteiger partial charge is 0.442 e. The molecular weight excluding hydrogens is 672 g/mol. The SMILES string of the molecule is CC(C)(C)OC(=O)N(Cc1ccc(-c2cc(C(=O)N[C@H]3C[C@@H](C(=O)NN)C3)no2)cc1)NC(=O)[C@H]1C[C@@H](NC(=O)c2cc(-c3ccccc3)on2)C1. The maximum absolute atomic E-state index is 13.2. The second kappa shape index (κ2) is 15.1. The van der Waals surface area contributed by atoms with Crippen molar-refractivity contribution in [3.05, 3.63) is 83.7 Å². The van der Waals surface area contributed by atoms with Crippen molar-refractivity contribution in [3.63, 3.8) is 0 Å². The second-order valence-electron chi connectivity index (χ2n) is 13.9. The molecule has 0 unspecified atom stereocenters. The maximum atomic E-state index is 13.2. The monoisotopic (exact) mass is 712 g/mol. The first-order valence-corrected chi connectivity index (χ1v) is 16.9. The number of hydrogen-bond acceptors (Lipinski definition) is 11. The summed E-state index contributed by atoms with van der Waals surface area (Å²) in [6, 6.07) is 19.0. The molecule has 16 heteroatoms. The van der Waals surface area contributed by atoms with Gasteiger partial charge in [0, 0.05) is 47.2 Å². The zero-order valence-electron chi connectivity index (χ0n) is 28.9. The molecule has 52 heavy (non-hydrogen) atoms. The first-order chi connectivity index (χ1) is 24.8. The minimum absolute atomic E-state index is 0.00164. The van der Waals surface area contributed by atoms with E-state index in [1.54, 1.807) is 51.1 Å². The third kappa shape index (κ3) is 8.63. The van der Waals surface area contributed by atoms with Crippen molar-refractivity contribution in [2.45, 2.75) is 70.7 Å². The Labute approximate surface area is 298 Å². The first-order valence-electron chi connectivity index (χ1n) is 16.9. The summed E-state index contributed by atoms with van der Waals surface area (Å²) in [5.41, 5.74) is 6.34. The van der Waals surface area contributed by atoms with E-state index in [1.165, 1.54) is 6.07 Å². The minimum Gasteiger partial charge on any atom is -0.442 e. The van der Waals surface area contributed by atoms with Gasteiger partial charge in [-0.25, -0.2) is 15.6 Å². The molecule has 2 aromatic heterocycles. The Balaban J connectivity index is 1.02. The topological polar surface area (TPSA) is 224 Å². The molecule has 2 heterocycles. The van der Waals surface area contributed by atoms with Gasteiger partial charge in [-0.2, -0.15) is 0 Å². The average Bonchev–Trinajstić information content (AvgIpc) is 3.78. The molecule has 0 aliphatic heterocycles. The average molecular weight is 713 g/mol. The number of aromatic nitrogens is 2. The lowest BCUT2D eigenvalue weighted by atomic mass is 9.79. The fraction of sp³-hybridized carbons (Fsp3) is 0.361. The van der Waals surface area contributed by atoms with Crippen molar-refractivity contribution in [2.24, 2.45) is 17.7 Å². The van der Waals surface area contributed by atoms with Gasteiger partial charge in [-0.3, -0.25) is 30.0 Å². The van der Waals surface area contributed by atoms with Crippen molar-refractivity contribution in [1.82, 2.24) is 36.8 Å². The fourth-order valence-electron chi connectivity index (χ4n) is 5.82. The molecule has 4 aromatic rings. The Morgan fingerprint density at radius 3 is 1.77 bits per heavy atom. The molecule has 5 amide bonds. The highest BCUT2D eigenvalue weighted by Gasteiger charge is 2.38. The van der Waals surface area contributed by atoms with E-state index < -0.39 is 29.4 Å². The predicted molar refractivity (Wildman–Crippen MR) is 184 cm³/mol. The van der Waals surface area contributed by atoms with Crippen LogP contribution in [0.2, 0.25) is 0 Å². The van der Waals surface area contributed by atoms with Gasteiger partial charge in [0.2, 0.25) is 11.8 Å². The Morgan fingerprint density at radius 1 is 0.769 bits per heavy atom. The summed E-state index contributed by atoms with van der Waals surface area (Å²) < 4.78 is 16.3. The molecule has 0 bridgehead atoms. The molecule has 2 aliphatic carbocycles. The number of benzene rings is 2. The molecule has 16 nitrogen and oxygen atoms in total. The summed E-state index contributed by atoms with van der Waals surface area (Å²) >= 11 is 0. The van der Waals surface area contributed by atoms with Gasteiger partial charge in [-0.1, -0.05) is 64.9 Å². The van der Waals surface area contributed by atoms with E-state index >= 15 is 0 Å². The Hall–Kier alpha value is -6.03. The van der Waals surface area contributed by atoms with Gasteiger partial charge in [0.15, 0.2) is 22.9 Å². The summed E-state index contributed by atoms with van der Waals surface area (Å²) in [6.45, 7) is 5.18. The van der Waals surface area contributed by atoms with E-state index in [2.05, 4.69) is 31.8 Å². The Bertz CT molecular complexity index is 1920. The minimum atomic E-state index is -0.813. The van der Waals surface area contributed by atoms with Crippen molar-refractivity contribution >= 4 is 29.7 Å². The molecule has 272 valence electrons. The number of nitrogens with zero attached hydrogens (tertiary/aromatic N) is 3. The smallest absolute Gasteiger partial charge is 0.429 e. The van der Waals surface area contributed by atoms with Crippen molar-refractivity contribution < 1.29 is 37.8 Å². The van der Waals surface area contributed by atoms with Crippen LogP contribution in [0.1, 0.15) is 73.0 Å². The lowest BCUT2D eigenvalue weighted by Crippen LogP contribution is -2.54. The van der Waals surface area contributed by atoms with Gasteiger partial charge in [-0.15, -0.1) is 0 Å². The van der Waals surface area contributed by atoms with Gasteiger partial charge in [0.1, 0.15) is 5.60 Å². The summed E-state index contributed by atoms with van der Waals surface area (Å²) in [5, 5.41) is 14.6. The molecule has 2 saturated carbocycles. The van der Waals surface area contributed by atoms with Gasteiger partial charge in [0.05, 0.1) is 6.54 Å². The van der Waals surface area contributed by atoms with E-state index in [-0.39, 0.29) is 47.7 Å². The normalized spacial score (nSPS) is 19.3. The van der Waals surface area contributed by atoms with Gasteiger partial charge >= 0.3 is 6.09 Å². The van der Waals surface area contributed by atoms with Crippen LogP contribution >= 0.6 is 0 Å². The van der Waals surface area contributed by atoms with Crippen LogP contribution in [-0.4, -0.2) is 62.7 Å². The molecule has 2 fully saturated rings. The van der Waals surface area contributed by atoms with E-state index in [4.69, 9.17) is 19.6 Å². The standard InChI is InChI=1S/C36H40N8O8/c1-36(2,3)50-35(49)44(41-32(46)24-15-26(16-24)39-33(47)27-17-29(51-42-27)21-7-5-4-6-8-21)19-20-9-11-22(12-10-20)30-18-28(43-52-30)34(48)38-25-13-23(14-25)31(45)40-37/h4-12,17-18,23-26H,13-16,19,37H2,1-3H3,(H,38,48)(H,39,47)(H,40,45)(H,41,46)/t23-,24-,25+,26+. The van der Waals surface area contributed by atoms with E-state index in [0.717, 1.165) is 10.6 Å². The summed E-state index contributed by atoms with van der Waals surface area (Å²) in [4.78, 5) is 63.4. The van der Waals surface area contributed by atoms with Gasteiger partial charge in [0.25, 0.3) is 11.8 Å². The molecule has 0 spiro atoms. The van der Waals surface area contributed by atoms with E-state index in [0.29, 0.717) is 48.3 Å². The summed E-state index contributed by atoms with van der Waals surface area (Å²) in [5.74, 6) is 3.86. The number of nitrogens with two attached hydrogens (primary N) is 1. The summed E-state index contributed by atoms with van der Waals surface area (Å²) in [7, 11) is 0. The maximum Gasteiger partial charge on any atom is 0.429 e. The third-order valence-corrected chi connectivity index (χ3v) is 8.81. The quantitative estimate of drug-likeness (QED) is 0.0909. The van der Waals surface area contributed by atoms with E-state index in [1.807, 2.05) is 30.3 Å². The zero-order valence-corrected chi connectivity index (χ0v) is 28.9. The number of carbonyl (C=O) groups is 5. The highest BCUT2D eigenvalue weighted by atomic mass is 16.6. The summed E-state index contributed by atoms with van der Waals surface area (Å²) in [6.07, 6.45) is 0.996. The van der Waals surface area contributed by atoms with Crippen LogP contribution < -0.4 is 27.3 Å². The van der Waals surface area contributed by atoms with Crippen LogP contribution in [0.3, 0.4) is 0 Å². The Morgan fingerprint density at radius 2 is 1.27 bits per heavy atom. The van der Waals surface area contributed by atoms with Crippen molar-refractivity contribution in [2.75, 3.05) is 0 Å². The number of hydrazine groups is 2. The molecule has 6 rings (SSSR count). The number of amides is 5. The van der Waals surface area contributed by atoms with Crippen molar-refractivity contribution in [1.29, 1.82) is 0 Å². The van der Waals surface area contributed by atoms with Crippen molar-refractivity contribution in [3.8, 4) is 22.6 Å².